The fourth-order valence-corrected chi connectivity index (χ4v) is 3.83. The van der Waals surface area contributed by atoms with E-state index in [0.717, 1.165) is 40.2 Å². The van der Waals surface area contributed by atoms with Crippen molar-refractivity contribution in [3.05, 3.63) is 95.1 Å². The second kappa shape index (κ2) is 9.64. The second-order valence-electron chi connectivity index (χ2n) is 7.75. The van der Waals surface area contributed by atoms with E-state index in [9.17, 15) is 9.18 Å². The maximum Gasteiger partial charge on any atom is 0.254 e. The molecular formula is C26H26FN3O2. The van der Waals surface area contributed by atoms with Crippen LogP contribution in [0.4, 0.5) is 4.39 Å². The zero-order chi connectivity index (χ0) is 22.5. The molecule has 32 heavy (non-hydrogen) atoms. The topological polar surface area (TPSA) is 56.1 Å². The summed E-state index contributed by atoms with van der Waals surface area (Å²) in [5.41, 5.74) is 4.12. The van der Waals surface area contributed by atoms with Crippen LogP contribution in [0.25, 0.3) is 11.0 Å². The van der Waals surface area contributed by atoms with Crippen molar-refractivity contribution < 1.29 is 13.9 Å². The molecule has 0 spiro atoms. The Morgan fingerprint density at radius 2 is 1.72 bits per heavy atom. The number of benzene rings is 3. The van der Waals surface area contributed by atoms with E-state index in [4.69, 9.17) is 4.74 Å². The highest BCUT2D eigenvalue weighted by Gasteiger charge is 2.14. The Kier molecular flexibility index (Phi) is 6.50. The Morgan fingerprint density at radius 3 is 2.50 bits per heavy atom. The monoisotopic (exact) mass is 431 g/mol. The number of hydrogen-bond donors (Lipinski definition) is 1. The number of rotatable bonds is 8. The molecule has 1 N–H and O–H groups in total. The molecule has 0 fully saturated rings. The molecule has 3 aromatic carbocycles. The minimum Gasteiger partial charge on any atom is -0.493 e. The maximum absolute atomic E-state index is 13.9. The van der Waals surface area contributed by atoms with E-state index in [2.05, 4.69) is 14.9 Å². The minimum atomic E-state index is -0.540. The van der Waals surface area contributed by atoms with E-state index in [0.29, 0.717) is 13.2 Å². The first kappa shape index (κ1) is 21.6. The zero-order valence-electron chi connectivity index (χ0n) is 18.3. The molecular weight excluding hydrogens is 405 g/mol. The van der Waals surface area contributed by atoms with Crippen LogP contribution in [0, 0.1) is 19.7 Å². The number of ether oxygens (including phenoxy) is 1. The number of para-hydroxylation sites is 3. The summed E-state index contributed by atoms with van der Waals surface area (Å²) < 4.78 is 22.0. The Balaban J connectivity index is 1.45. The van der Waals surface area contributed by atoms with Crippen molar-refractivity contribution in [2.75, 3.05) is 6.61 Å². The fourth-order valence-electron chi connectivity index (χ4n) is 3.83. The lowest BCUT2D eigenvalue weighted by Gasteiger charge is -2.13. The highest BCUT2D eigenvalue weighted by Crippen LogP contribution is 2.23. The Bertz CT molecular complexity index is 1230. The average molecular weight is 432 g/mol. The van der Waals surface area contributed by atoms with Gasteiger partial charge in [-0.2, -0.15) is 0 Å². The van der Waals surface area contributed by atoms with Gasteiger partial charge in [-0.1, -0.05) is 42.5 Å². The summed E-state index contributed by atoms with van der Waals surface area (Å²) in [5.74, 6) is 0.658. The molecule has 0 radical (unpaired) electrons. The third-order valence-corrected chi connectivity index (χ3v) is 5.44. The van der Waals surface area contributed by atoms with Crippen LogP contribution in [0.2, 0.25) is 0 Å². The van der Waals surface area contributed by atoms with E-state index >= 15 is 0 Å². The van der Waals surface area contributed by atoms with Gasteiger partial charge < -0.3 is 14.6 Å². The standard InChI is InChI=1S/C26H26FN3O2/c1-18-9-7-10-19(2)25(18)32-16-8-15-30-23-14-6-5-13-22(23)29-24(30)17-28-26(31)20-11-3-4-12-21(20)27/h3-7,9-14H,8,15-17H2,1-2H3,(H,28,31). The predicted octanol–water partition coefficient (Wildman–Crippen LogP) is 5.19. The smallest absolute Gasteiger partial charge is 0.254 e. The van der Waals surface area contributed by atoms with Gasteiger partial charge in [-0.15, -0.1) is 0 Å². The van der Waals surface area contributed by atoms with Crippen molar-refractivity contribution in [2.45, 2.75) is 33.4 Å². The van der Waals surface area contributed by atoms with Crippen molar-refractivity contribution in [3.8, 4) is 5.75 Å². The van der Waals surface area contributed by atoms with E-state index in [1.54, 1.807) is 12.1 Å². The van der Waals surface area contributed by atoms with Crippen LogP contribution in [0.1, 0.15) is 33.7 Å². The van der Waals surface area contributed by atoms with Crippen LogP contribution in [0.3, 0.4) is 0 Å². The number of nitrogens with zero attached hydrogens (tertiary/aromatic N) is 2. The van der Waals surface area contributed by atoms with Crippen LogP contribution < -0.4 is 10.1 Å². The van der Waals surface area contributed by atoms with Crippen molar-refractivity contribution in [2.24, 2.45) is 0 Å². The summed E-state index contributed by atoms with van der Waals surface area (Å²) >= 11 is 0. The number of nitrogens with one attached hydrogen (secondary N) is 1. The molecule has 6 heteroatoms. The van der Waals surface area contributed by atoms with Gasteiger partial charge in [-0.05, 0) is 55.7 Å². The molecule has 0 aliphatic rings. The quantitative estimate of drug-likeness (QED) is 0.391. The molecule has 1 heterocycles. The van der Waals surface area contributed by atoms with Crippen LogP contribution >= 0.6 is 0 Å². The number of carbonyl (C=O) groups excluding carboxylic acids is 1. The summed E-state index contributed by atoms with van der Waals surface area (Å²) in [5, 5.41) is 2.80. The lowest BCUT2D eigenvalue weighted by atomic mass is 10.1. The SMILES string of the molecule is Cc1cccc(C)c1OCCCn1c(CNC(=O)c2ccccc2F)nc2ccccc21. The summed E-state index contributed by atoms with van der Waals surface area (Å²) in [6.07, 6.45) is 0.780. The molecule has 4 aromatic rings. The first-order chi connectivity index (χ1) is 15.5. The van der Waals surface area contributed by atoms with Crippen molar-refractivity contribution in [3.63, 3.8) is 0 Å². The lowest BCUT2D eigenvalue weighted by Crippen LogP contribution is -2.25. The van der Waals surface area contributed by atoms with Crippen LogP contribution in [-0.4, -0.2) is 22.1 Å². The van der Waals surface area contributed by atoms with Gasteiger partial charge in [-0.3, -0.25) is 4.79 Å². The number of fused-ring (bicyclic) bond motifs is 1. The molecule has 4 rings (SSSR count). The third-order valence-electron chi connectivity index (χ3n) is 5.44. The van der Waals surface area contributed by atoms with Gasteiger partial charge in [0, 0.05) is 6.54 Å². The molecule has 1 aromatic heterocycles. The summed E-state index contributed by atoms with van der Waals surface area (Å²) in [4.78, 5) is 17.1. The second-order valence-corrected chi connectivity index (χ2v) is 7.75. The molecule has 0 bridgehead atoms. The lowest BCUT2D eigenvalue weighted by molar-refractivity contribution is 0.0945. The van der Waals surface area contributed by atoms with Gasteiger partial charge in [0.15, 0.2) is 0 Å². The molecule has 0 aliphatic heterocycles. The Morgan fingerprint density at radius 1 is 1.00 bits per heavy atom. The number of carbonyl (C=O) groups is 1. The molecule has 0 atom stereocenters. The molecule has 0 unspecified atom stereocenters. The van der Waals surface area contributed by atoms with E-state index in [1.165, 1.54) is 12.1 Å². The van der Waals surface area contributed by atoms with E-state index in [-0.39, 0.29) is 12.1 Å². The number of aryl methyl sites for hydroxylation is 3. The number of aromatic nitrogens is 2. The van der Waals surface area contributed by atoms with Crippen LogP contribution in [-0.2, 0) is 13.1 Å². The zero-order valence-corrected chi connectivity index (χ0v) is 18.3. The summed E-state index contributed by atoms with van der Waals surface area (Å²) in [7, 11) is 0. The Hall–Kier alpha value is -3.67. The number of hydrogen-bond acceptors (Lipinski definition) is 3. The van der Waals surface area contributed by atoms with E-state index < -0.39 is 11.7 Å². The van der Waals surface area contributed by atoms with Gasteiger partial charge >= 0.3 is 0 Å². The predicted molar refractivity (Wildman–Crippen MR) is 123 cm³/mol. The first-order valence-electron chi connectivity index (χ1n) is 10.7. The van der Waals surface area contributed by atoms with Crippen LogP contribution in [0.15, 0.2) is 66.7 Å². The average Bonchev–Trinajstić information content (AvgIpc) is 3.14. The molecule has 0 saturated carbocycles. The van der Waals surface area contributed by atoms with Crippen molar-refractivity contribution >= 4 is 16.9 Å². The number of imidazole rings is 1. The highest BCUT2D eigenvalue weighted by atomic mass is 19.1. The Labute approximate surface area is 186 Å². The number of amides is 1. The van der Waals surface area contributed by atoms with Crippen LogP contribution in [0.5, 0.6) is 5.75 Å². The number of halogens is 1. The van der Waals surface area contributed by atoms with Gasteiger partial charge in [0.05, 0.1) is 29.7 Å². The van der Waals surface area contributed by atoms with Gasteiger partial charge in [0.1, 0.15) is 17.4 Å². The molecule has 0 saturated heterocycles. The first-order valence-corrected chi connectivity index (χ1v) is 10.7. The van der Waals surface area contributed by atoms with E-state index in [1.807, 2.05) is 56.3 Å². The van der Waals surface area contributed by atoms with Crippen molar-refractivity contribution in [1.29, 1.82) is 0 Å². The minimum absolute atomic E-state index is 0.0251. The molecule has 1 amide bonds. The molecule has 5 nitrogen and oxygen atoms in total. The van der Waals surface area contributed by atoms with Crippen molar-refractivity contribution in [1.82, 2.24) is 14.9 Å². The molecule has 0 aliphatic carbocycles. The summed E-state index contributed by atoms with van der Waals surface area (Å²) in [6.45, 7) is 5.55. The fraction of sp³-hybridized carbons (Fsp3) is 0.231. The third kappa shape index (κ3) is 4.64. The summed E-state index contributed by atoms with van der Waals surface area (Å²) in [6, 6.07) is 19.9. The maximum atomic E-state index is 13.9. The van der Waals surface area contributed by atoms with Gasteiger partial charge in [0.25, 0.3) is 5.91 Å². The van der Waals surface area contributed by atoms with Gasteiger partial charge in [0.2, 0.25) is 0 Å². The molecule has 164 valence electrons. The normalized spacial score (nSPS) is 11.0. The highest BCUT2D eigenvalue weighted by molar-refractivity contribution is 5.94. The largest absolute Gasteiger partial charge is 0.493 e. The van der Waals surface area contributed by atoms with Gasteiger partial charge in [-0.25, -0.2) is 9.37 Å².